The van der Waals surface area contributed by atoms with Crippen molar-refractivity contribution >= 4 is 5.91 Å². The number of nitrogens with one attached hydrogen (secondary N) is 1. The van der Waals surface area contributed by atoms with Crippen molar-refractivity contribution in [1.82, 2.24) is 14.9 Å². The Kier molecular flexibility index (Phi) is 3.04. The third-order valence-electron chi connectivity index (χ3n) is 2.91. The molecule has 1 aromatic heterocycles. The third kappa shape index (κ3) is 2.58. The highest BCUT2D eigenvalue weighted by atomic mass is 16.2. The molecule has 15 heavy (non-hydrogen) atoms. The maximum Gasteiger partial charge on any atom is 0.223 e. The van der Waals surface area contributed by atoms with Crippen LogP contribution < -0.4 is 5.32 Å². The van der Waals surface area contributed by atoms with Gasteiger partial charge in [0.05, 0.1) is 6.33 Å². The molecule has 1 saturated carbocycles. The zero-order valence-corrected chi connectivity index (χ0v) is 9.02. The maximum atomic E-state index is 11.6. The molecule has 1 aliphatic rings. The van der Waals surface area contributed by atoms with Gasteiger partial charge < -0.3 is 9.88 Å². The molecular formula is C11H17N3O. The fourth-order valence-electron chi connectivity index (χ4n) is 1.79. The molecule has 0 spiro atoms. The lowest BCUT2D eigenvalue weighted by atomic mass is 9.84. The molecular weight excluding hydrogens is 190 g/mol. The van der Waals surface area contributed by atoms with E-state index in [0.29, 0.717) is 0 Å². The van der Waals surface area contributed by atoms with Crippen molar-refractivity contribution in [3.63, 3.8) is 0 Å². The lowest BCUT2D eigenvalue weighted by molar-refractivity contribution is -0.128. The van der Waals surface area contributed by atoms with Gasteiger partial charge in [0, 0.05) is 30.9 Å². The first-order valence-electron chi connectivity index (χ1n) is 5.52. The van der Waals surface area contributed by atoms with E-state index >= 15 is 0 Å². The number of nitrogens with zero attached hydrogens (tertiary/aromatic N) is 2. The Morgan fingerprint density at radius 1 is 1.67 bits per heavy atom. The van der Waals surface area contributed by atoms with Gasteiger partial charge in [-0.25, -0.2) is 4.98 Å². The largest absolute Gasteiger partial charge is 0.352 e. The van der Waals surface area contributed by atoms with E-state index in [0.717, 1.165) is 19.4 Å². The van der Waals surface area contributed by atoms with Gasteiger partial charge in [0.2, 0.25) is 5.91 Å². The molecule has 1 aromatic rings. The normalized spacial score (nSPS) is 18.2. The zero-order chi connectivity index (χ0) is 10.7. The second-order valence-electron chi connectivity index (χ2n) is 4.30. The lowest BCUT2D eigenvalue weighted by Gasteiger charge is -2.26. The van der Waals surface area contributed by atoms with Crippen molar-refractivity contribution < 1.29 is 4.79 Å². The Morgan fingerprint density at radius 3 is 3.00 bits per heavy atom. The van der Waals surface area contributed by atoms with Crippen LogP contribution in [-0.4, -0.2) is 21.5 Å². The minimum atomic E-state index is 0.173. The standard InChI is InChI=1S/C11H17N3O/c1-9(7-14-6-5-12-8-14)13-11(15)10-3-2-4-10/h5-6,8-10H,2-4,7H2,1H3,(H,13,15)/t9-/m0/s1. The third-order valence-corrected chi connectivity index (χ3v) is 2.91. The zero-order valence-electron chi connectivity index (χ0n) is 9.02. The SMILES string of the molecule is C[C@@H](Cn1ccnc1)NC(=O)C1CCC1. The molecule has 1 fully saturated rings. The fourth-order valence-corrected chi connectivity index (χ4v) is 1.79. The van der Waals surface area contributed by atoms with Crippen LogP contribution in [0.2, 0.25) is 0 Å². The van der Waals surface area contributed by atoms with Gasteiger partial charge in [-0.2, -0.15) is 0 Å². The Balaban J connectivity index is 1.76. The Hall–Kier alpha value is -1.32. The van der Waals surface area contributed by atoms with Crippen LogP contribution in [0, 0.1) is 5.92 Å². The predicted octanol–water partition coefficient (Wildman–Crippen LogP) is 1.19. The Labute approximate surface area is 89.7 Å². The van der Waals surface area contributed by atoms with Gasteiger partial charge in [-0.05, 0) is 19.8 Å². The van der Waals surface area contributed by atoms with Gasteiger partial charge in [-0.15, -0.1) is 0 Å². The van der Waals surface area contributed by atoms with Gasteiger partial charge >= 0.3 is 0 Å². The van der Waals surface area contributed by atoms with E-state index < -0.39 is 0 Å². The topological polar surface area (TPSA) is 46.9 Å². The van der Waals surface area contributed by atoms with Crippen LogP contribution in [0.1, 0.15) is 26.2 Å². The summed E-state index contributed by atoms with van der Waals surface area (Å²) in [4.78, 5) is 15.6. The maximum absolute atomic E-state index is 11.6. The Morgan fingerprint density at radius 2 is 2.47 bits per heavy atom. The molecule has 1 N–H and O–H groups in total. The summed E-state index contributed by atoms with van der Waals surface area (Å²) in [6.07, 6.45) is 8.75. The number of carbonyl (C=O) groups is 1. The molecule has 1 aliphatic carbocycles. The van der Waals surface area contributed by atoms with Gasteiger partial charge in [0.25, 0.3) is 0 Å². The van der Waals surface area contributed by atoms with E-state index in [1.165, 1.54) is 6.42 Å². The number of amides is 1. The number of aromatic nitrogens is 2. The van der Waals surface area contributed by atoms with Crippen molar-refractivity contribution in [3.05, 3.63) is 18.7 Å². The van der Waals surface area contributed by atoms with Crippen LogP contribution >= 0.6 is 0 Å². The number of hydrogen-bond acceptors (Lipinski definition) is 2. The molecule has 4 heteroatoms. The summed E-state index contributed by atoms with van der Waals surface area (Å²) in [5, 5.41) is 3.03. The van der Waals surface area contributed by atoms with Crippen molar-refractivity contribution in [2.24, 2.45) is 5.92 Å². The van der Waals surface area contributed by atoms with Crippen LogP contribution in [0.5, 0.6) is 0 Å². The number of imidazole rings is 1. The summed E-state index contributed by atoms with van der Waals surface area (Å²) in [5.74, 6) is 0.490. The smallest absolute Gasteiger partial charge is 0.223 e. The molecule has 1 atom stereocenters. The molecule has 4 nitrogen and oxygen atoms in total. The first-order chi connectivity index (χ1) is 7.25. The molecule has 0 aromatic carbocycles. The second kappa shape index (κ2) is 4.47. The summed E-state index contributed by atoms with van der Waals surface area (Å²) >= 11 is 0. The Bertz CT molecular complexity index is 317. The highest BCUT2D eigenvalue weighted by Gasteiger charge is 2.25. The van der Waals surface area contributed by atoms with E-state index in [1.54, 1.807) is 12.5 Å². The quantitative estimate of drug-likeness (QED) is 0.806. The van der Waals surface area contributed by atoms with Gasteiger partial charge in [-0.3, -0.25) is 4.79 Å². The molecule has 0 saturated heterocycles. The summed E-state index contributed by atoms with van der Waals surface area (Å²) < 4.78 is 1.98. The summed E-state index contributed by atoms with van der Waals surface area (Å²) in [7, 11) is 0. The highest BCUT2D eigenvalue weighted by Crippen LogP contribution is 2.26. The minimum absolute atomic E-state index is 0.173. The summed E-state index contributed by atoms with van der Waals surface area (Å²) in [6.45, 7) is 2.81. The molecule has 0 aliphatic heterocycles. The van der Waals surface area contributed by atoms with Crippen LogP contribution in [0.3, 0.4) is 0 Å². The van der Waals surface area contributed by atoms with Gasteiger partial charge in [-0.1, -0.05) is 6.42 Å². The number of rotatable bonds is 4. The van der Waals surface area contributed by atoms with Crippen LogP contribution in [0.4, 0.5) is 0 Å². The van der Waals surface area contributed by atoms with E-state index in [2.05, 4.69) is 10.3 Å². The second-order valence-corrected chi connectivity index (χ2v) is 4.30. The molecule has 0 bridgehead atoms. The average molecular weight is 207 g/mol. The van der Waals surface area contributed by atoms with Crippen molar-refractivity contribution in [2.75, 3.05) is 0 Å². The summed E-state index contributed by atoms with van der Waals surface area (Å²) in [5.41, 5.74) is 0. The molecule has 1 amide bonds. The van der Waals surface area contributed by atoms with Crippen LogP contribution in [-0.2, 0) is 11.3 Å². The minimum Gasteiger partial charge on any atom is -0.352 e. The monoisotopic (exact) mass is 207 g/mol. The van der Waals surface area contributed by atoms with Crippen LogP contribution in [0.15, 0.2) is 18.7 Å². The van der Waals surface area contributed by atoms with Crippen LogP contribution in [0.25, 0.3) is 0 Å². The molecule has 0 unspecified atom stereocenters. The van der Waals surface area contributed by atoms with Gasteiger partial charge in [0.15, 0.2) is 0 Å². The van der Waals surface area contributed by atoms with Crippen molar-refractivity contribution in [2.45, 2.75) is 38.8 Å². The molecule has 1 heterocycles. The molecule has 2 rings (SSSR count). The van der Waals surface area contributed by atoms with Crippen molar-refractivity contribution in [3.8, 4) is 0 Å². The summed E-state index contributed by atoms with van der Waals surface area (Å²) in [6, 6.07) is 0.173. The number of carbonyl (C=O) groups excluding carboxylic acids is 1. The van der Waals surface area contributed by atoms with E-state index in [-0.39, 0.29) is 17.9 Å². The fraction of sp³-hybridized carbons (Fsp3) is 0.636. The number of hydrogen-bond donors (Lipinski definition) is 1. The molecule has 82 valence electrons. The van der Waals surface area contributed by atoms with Gasteiger partial charge in [0.1, 0.15) is 0 Å². The van der Waals surface area contributed by atoms with E-state index in [1.807, 2.05) is 17.7 Å². The van der Waals surface area contributed by atoms with E-state index in [4.69, 9.17) is 0 Å². The van der Waals surface area contributed by atoms with Crippen molar-refractivity contribution in [1.29, 1.82) is 0 Å². The first kappa shape index (κ1) is 10.2. The average Bonchev–Trinajstić information content (AvgIpc) is 2.52. The molecule has 0 radical (unpaired) electrons. The first-order valence-corrected chi connectivity index (χ1v) is 5.52. The highest BCUT2D eigenvalue weighted by molar-refractivity contribution is 5.79. The predicted molar refractivity (Wildman–Crippen MR) is 57.2 cm³/mol. The lowest BCUT2D eigenvalue weighted by Crippen LogP contribution is -2.41. The van der Waals surface area contributed by atoms with E-state index in [9.17, 15) is 4.79 Å².